The summed E-state index contributed by atoms with van der Waals surface area (Å²) < 4.78 is 0. The van der Waals surface area contributed by atoms with Gasteiger partial charge in [0.1, 0.15) is 0 Å². The van der Waals surface area contributed by atoms with E-state index in [0.717, 1.165) is 5.54 Å². The average molecular weight is 142 g/mol. The summed E-state index contributed by atoms with van der Waals surface area (Å²) in [7, 11) is 1.43. The van der Waals surface area contributed by atoms with Gasteiger partial charge >= 0.3 is 0 Å². The van der Waals surface area contributed by atoms with E-state index in [-0.39, 0.29) is 0 Å². The lowest BCUT2D eigenvalue weighted by molar-refractivity contribution is 0.245. The van der Waals surface area contributed by atoms with Crippen LogP contribution in [0.3, 0.4) is 0 Å². The van der Waals surface area contributed by atoms with Gasteiger partial charge in [0.05, 0.1) is 0 Å². The molecule has 1 aliphatic carbocycles. The normalized spacial score (nSPS) is 28.7. The van der Waals surface area contributed by atoms with Crippen molar-refractivity contribution in [2.45, 2.75) is 45.1 Å². The van der Waals surface area contributed by atoms with Crippen LogP contribution in [0.25, 0.3) is 0 Å². The van der Waals surface area contributed by atoms with Gasteiger partial charge in [-0.25, -0.2) is 0 Å². The van der Waals surface area contributed by atoms with Gasteiger partial charge < -0.3 is 0 Å². The molecule has 0 amide bonds. The first-order valence-corrected chi connectivity index (χ1v) is 5.26. The molecule has 0 N–H and O–H groups in total. The Kier molecular flexibility index (Phi) is 1.99. The van der Waals surface area contributed by atoms with E-state index >= 15 is 0 Å². The molecule has 1 fully saturated rings. The summed E-state index contributed by atoms with van der Waals surface area (Å²) in [6, 6.07) is 0. The maximum atomic E-state index is 2.40. The number of rotatable bonds is 0. The lowest BCUT2D eigenvalue weighted by Gasteiger charge is -2.32. The SMILES string of the molecule is CC1(C)CCC([SiH3])CC1. The van der Waals surface area contributed by atoms with E-state index in [9.17, 15) is 0 Å². The third kappa shape index (κ3) is 2.13. The van der Waals surface area contributed by atoms with Crippen LogP contribution in [0.2, 0.25) is 5.54 Å². The molecule has 1 aliphatic rings. The van der Waals surface area contributed by atoms with Crippen LogP contribution in [0.5, 0.6) is 0 Å². The maximum absolute atomic E-state index is 2.40. The van der Waals surface area contributed by atoms with Gasteiger partial charge in [-0.05, 0) is 18.3 Å². The summed E-state index contributed by atoms with van der Waals surface area (Å²) in [5.41, 5.74) is 1.82. The Hall–Kier alpha value is 0.217. The predicted molar refractivity (Wildman–Crippen MR) is 45.9 cm³/mol. The largest absolute Gasteiger partial charge is 0.0599 e. The van der Waals surface area contributed by atoms with Gasteiger partial charge in [0.2, 0.25) is 0 Å². The fourth-order valence-electron chi connectivity index (χ4n) is 1.54. The van der Waals surface area contributed by atoms with Crippen molar-refractivity contribution in [2.24, 2.45) is 5.41 Å². The molecule has 0 aliphatic heterocycles. The topological polar surface area (TPSA) is 0 Å². The summed E-state index contributed by atoms with van der Waals surface area (Å²) in [5, 5.41) is 0. The van der Waals surface area contributed by atoms with Crippen molar-refractivity contribution in [2.75, 3.05) is 0 Å². The number of hydrogen-bond acceptors (Lipinski definition) is 0. The van der Waals surface area contributed by atoms with Gasteiger partial charge in [-0.1, -0.05) is 32.2 Å². The van der Waals surface area contributed by atoms with Crippen molar-refractivity contribution < 1.29 is 0 Å². The van der Waals surface area contributed by atoms with Gasteiger partial charge in [0, 0.05) is 10.2 Å². The third-order valence-electron chi connectivity index (χ3n) is 2.63. The molecule has 1 saturated carbocycles. The summed E-state index contributed by atoms with van der Waals surface area (Å²) in [6.07, 6.45) is 5.97. The van der Waals surface area contributed by atoms with Crippen LogP contribution in [0, 0.1) is 5.41 Å². The highest BCUT2D eigenvalue weighted by Gasteiger charge is 2.23. The second-order valence-electron chi connectivity index (χ2n) is 4.35. The molecule has 0 bridgehead atoms. The first-order valence-electron chi connectivity index (χ1n) is 4.10. The zero-order valence-corrected chi connectivity index (χ0v) is 8.91. The quantitative estimate of drug-likeness (QED) is 0.452. The fourth-order valence-corrected chi connectivity index (χ4v) is 2.12. The molecule has 0 saturated heterocycles. The standard InChI is InChI=1S/C8H18Si/c1-8(2)5-3-7(9)4-6-8/h7H,3-6H2,1-2,9H3. The highest BCUT2D eigenvalue weighted by atomic mass is 28.1. The highest BCUT2D eigenvalue weighted by Crippen LogP contribution is 2.38. The minimum absolute atomic E-state index is 0.681. The Bertz CT molecular complexity index is 86.7. The number of hydrogen-bond donors (Lipinski definition) is 0. The van der Waals surface area contributed by atoms with E-state index < -0.39 is 0 Å². The van der Waals surface area contributed by atoms with Gasteiger partial charge in [-0.15, -0.1) is 0 Å². The van der Waals surface area contributed by atoms with Crippen LogP contribution in [0.15, 0.2) is 0 Å². The molecular formula is C8H18Si. The molecule has 0 nitrogen and oxygen atoms in total. The second kappa shape index (κ2) is 2.45. The first-order chi connectivity index (χ1) is 4.10. The third-order valence-corrected chi connectivity index (χ3v) is 3.78. The molecular weight excluding hydrogens is 124 g/mol. The lowest BCUT2D eigenvalue weighted by atomic mass is 9.77. The van der Waals surface area contributed by atoms with Crippen molar-refractivity contribution in [1.82, 2.24) is 0 Å². The first kappa shape index (κ1) is 7.33. The van der Waals surface area contributed by atoms with E-state index in [0.29, 0.717) is 5.41 Å². The molecule has 0 aromatic heterocycles. The van der Waals surface area contributed by atoms with E-state index in [4.69, 9.17) is 0 Å². The van der Waals surface area contributed by atoms with Crippen molar-refractivity contribution >= 4 is 10.2 Å². The molecule has 0 unspecified atom stereocenters. The molecule has 0 heterocycles. The van der Waals surface area contributed by atoms with Crippen molar-refractivity contribution in [3.05, 3.63) is 0 Å². The highest BCUT2D eigenvalue weighted by molar-refractivity contribution is 6.11. The van der Waals surface area contributed by atoms with E-state index in [1.165, 1.54) is 35.9 Å². The smallest absolute Gasteiger partial charge is 0.00673 e. The Morgan fingerprint density at radius 2 is 1.67 bits per heavy atom. The second-order valence-corrected chi connectivity index (χ2v) is 5.98. The van der Waals surface area contributed by atoms with Crippen molar-refractivity contribution in [1.29, 1.82) is 0 Å². The Labute approximate surface area is 61.5 Å². The van der Waals surface area contributed by atoms with E-state index in [1.54, 1.807) is 0 Å². The Morgan fingerprint density at radius 1 is 1.22 bits per heavy atom. The molecule has 1 heteroatoms. The Balaban J connectivity index is 2.35. The van der Waals surface area contributed by atoms with Crippen LogP contribution in [-0.4, -0.2) is 10.2 Å². The summed E-state index contributed by atoms with van der Waals surface area (Å²) in [5.74, 6) is 0. The zero-order chi connectivity index (χ0) is 6.91. The van der Waals surface area contributed by atoms with Gasteiger partial charge in [-0.2, -0.15) is 0 Å². The van der Waals surface area contributed by atoms with Crippen molar-refractivity contribution in [3.8, 4) is 0 Å². The summed E-state index contributed by atoms with van der Waals surface area (Å²) >= 11 is 0. The van der Waals surface area contributed by atoms with Crippen LogP contribution in [0.1, 0.15) is 39.5 Å². The van der Waals surface area contributed by atoms with Gasteiger partial charge in [0.15, 0.2) is 0 Å². The molecule has 1 rings (SSSR count). The lowest BCUT2D eigenvalue weighted by Crippen LogP contribution is -2.18. The van der Waals surface area contributed by atoms with Crippen LogP contribution >= 0.6 is 0 Å². The molecule has 0 atom stereocenters. The molecule has 0 spiro atoms. The van der Waals surface area contributed by atoms with E-state index in [1.807, 2.05) is 0 Å². The van der Waals surface area contributed by atoms with Crippen LogP contribution < -0.4 is 0 Å². The van der Waals surface area contributed by atoms with Crippen molar-refractivity contribution in [3.63, 3.8) is 0 Å². The molecule has 54 valence electrons. The Morgan fingerprint density at radius 3 is 2.00 bits per heavy atom. The van der Waals surface area contributed by atoms with Gasteiger partial charge in [-0.3, -0.25) is 0 Å². The van der Waals surface area contributed by atoms with Crippen LogP contribution in [-0.2, 0) is 0 Å². The maximum Gasteiger partial charge on any atom is 0.00673 e. The van der Waals surface area contributed by atoms with Crippen LogP contribution in [0.4, 0.5) is 0 Å². The fraction of sp³-hybridized carbons (Fsp3) is 1.00. The molecule has 0 aromatic rings. The predicted octanol–water partition coefficient (Wildman–Crippen LogP) is 1.74. The zero-order valence-electron chi connectivity index (χ0n) is 6.91. The molecule has 0 radical (unpaired) electrons. The molecule has 0 aromatic carbocycles. The van der Waals surface area contributed by atoms with E-state index in [2.05, 4.69) is 13.8 Å². The summed E-state index contributed by atoms with van der Waals surface area (Å²) in [4.78, 5) is 0. The minimum Gasteiger partial charge on any atom is -0.0599 e. The summed E-state index contributed by atoms with van der Waals surface area (Å²) in [6.45, 7) is 4.81. The van der Waals surface area contributed by atoms with Gasteiger partial charge in [0.25, 0.3) is 0 Å². The average Bonchev–Trinajstić information content (AvgIpc) is 1.78. The molecule has 9 heavy (non-hydrogen) atoms. The minimum atomic E-state index is 0.681. The monoisotopic (exact) mass is 142 g/mol.